The van der Waals surface area contributed by atoms with E-state index < -0.39 is 0 Å². The van der Waals surface area contributed by atoms with Crippen molar-refractivity contribution in [2.75, 3.05) is 26.7 Å². The molecule has 1 N–H and O–H groups in total. The van der Waals surface area contributed by atoms with Gasteiger partial charge < -0.3 is 10.2 Å². The van der Waals surface area contributed by atoms with Gasteiger partial charge in [-0.05, 0) is 63.7 Å². The van der Waals surface area contributed by atoms with Gasteiger partial charge >= 0.3 is 0 Å². The number of hydrogen-bond donors (Lipinski definition) is 1. The molecule has 0 saturated carbocycles. The van der Waals surface area contributed by atoms with Gasteiger partial charge in [-0.25, -0.2) is 4.68 Å². The Morgan fingerprint density at radius 1 is 1.32 bits per heavy atom. The maximum absolute atomic E-state index is 13.1. The minimum atomic E-state index is 0.115. The van der Waals surface area contributed by atoms with E-state index in [1.807, 2.05) is 28.8 Å². The van der Waals surface area contributed by atoms with Crippen molar-refractivity contribution in [3.63, 3.8) is 0 Å². The minimum Gasteiger partial charge on any atom is -0.337 e. The van der Waals surface area contributed by atoms with Gasteiger partial charge in [0.1, 0.15) is 0 Å². The molecule has 0 bridgehead atoms. The summed E-state index contributed by atoms with van der Waals surface area (Å²) in [7, 11) is 1.97. The van der Waals surface area contributed by atoms with E-state index in [4.69, 9.17) is 5.10 Å². The van der Waals surface area contributed by atoms with Gasteiger partial charge in [0.2, 0.25) is 0 Å². The molecule has 1 aliphatic heterocycles. The highest BCUT2D eigenvalue weighted by Gasteiger charge is 2.33. The summed E-state index contributed by atoms with van der Waals surface area (Å²) in [6.45, 7) is 4.76. The molecule has 0 spiro atoms. The topological polar surface area (TPSA) is 50.2 Å². The molecule has 1 unspecified atom stereocenters. The highest BCUT2D eigenvalue weighted by atomic mass is 16.2. The molecule has 1 aromatic heterocycles. The summed E-state index contributed by atoms with van der Waals surface area (Å²) in [4.78, 5) is 15.1. The highest BCUT2D eigenvalue weighted by molar-refractivity contribution is 5.94. The summed E-state index contributed by atoms with van der Waals surface area (Å²) in [5.74, 6) is 0.671. The number of carbonyl (C=O) groups excluding carboxylic acids is 1. The van der Waals surface area contributed by atoms with Gasteiger partial charge in [0.05, 0.1) is 5.69 Å². The number of likely N-dealkylation sites (tertiary alicyclic amines) is 1. The largest absolute Gasteiger partial charge is 0.337 e. The van der Waals surface area contributed by atoms with Crippen LogP contribution in [0.1, 0.15) is 40.2 Å². The lowest BCUT2D eigenvalue weighted by molar-refractivity contribution is 0.0780. The standard InChI is InChI=1S/C20H26N4O/c1-14-6-3-4-8-17(14)24-18-9-5-7-16(18)19(22-24)20(25)23-11-10-15(13-23)12-21-2/h3-4,6,8,15,21H,5,7,9-13H2,1-2H3. The second-order valence-corrected chi connectivity index (χ2v) is 7.29. The smallest absolute Gasteiger partial charge is 0.274 e. The van der Waals surface area contributed by atoms with Crippen molar-refractivity contribution in [2.45, 2.75) is 32.6 Å². The molecule has 1 amide bonds. The molecule has 1 saturated heterocycles. The van der Waals surface area contributed by atoms with E-state index in [0.717, 1.165) is 51.0 Å². The van der Waals surface area contributed by atoms with Crippen molar-refractivity contribution >= 4 is 5.91 Å². The lowest BCUT2D eigenvalue weighted by Gasteiger charge is -2.16. The Hall–Kier alpha value is -2.14. The number of nitrogens with zero attached hydrogens (tertiary/aromatic N) is 3. The first-order chi connectivity index (χ1) is 12.2. The molecule has 1 aliphatic carbocycles. The Labute approximate surface area is 149 Å². The van der Waals surface area contributed by atoms with Crippen molar-refractivity contribution < 1.29 is 4.79 Å². The van der Waals surface area contributed by atoms with Crippen LogP contribution in [0.4, 0.5) is 0 Å². The van der Waals surface area contributed by atoms with Crippen LogP contribution in [-0.2, 0) is 12.8 Å². The van der Waals surface area contributed by atoms with Crippen LogP contribution in [0.5, 0.6) is 0 Å². The van der Waals surface area contributed by atoms with E-state index >= 15 is 0 Å². The number of benzene rings is 1. The number of nitrogens with one attached hydrogen (secondary N) is 1. The maximum Gasteiger partial charge on any atom is 0.274 e. The normalized spacial score (nSPS) is 19.4. The second-order valence-electron chi connectivity index (χ2n) is 7.29. The van der Waals surface area contributed by atoms with E-state index in [-0.39, 0.29) is 5.91 Å². The lowest BCUT2D eigenvalue weighted by atomic mass is 10.1. The Balaban J connectivity index is 1.67. The fourth-order valence-corrected chi connectivity index (χ4v) is 4.23. The fourth-order valence-electron chi connectivity index (χ4n) is 4.23. The van der Waals surface area contributed by atoms with Crippen LogP contribution >= 0.6 is 0 Å². The predicted octanol–water partition coefficient (Wildman–Crippen LogP) is 2.35. The van der Waals surface area contributed by atoms with E-state index in [9.17, 15) is 4.79 Å². The van der Waals surface area contributed by atoms with Crippen LogP contribution in [0.15, 0.2) is 24.3 Å². The summed E-state index contributed by atoms with van der Waals surface area (Å²) in [5.41, 5.74) is 5.36. The number of hydrogen-bond acceptors (Lipinski definition) is 3. The molecule has 132 valence electrons. The number of para-hydroxylation sites is 1. The van der Waals surface area contributed by atoms with Gasteiger partial charge in [-0.1, -0.05) is 18.2 Å². The average molecular weight is 338 g/mol. The zero-order valence-electron chi connectivity index (χ0n) is 15.1. The molecule has 4 rings (SSSR count). The van der Waals surface area contributed by atoms with Gasteiger partial charge in [-0.2, -0.15) is 5.10 Å². The Kier molecular flexibility index (Phi) is 4.34. The molecule has 2 aromatic rings. The van der Waals surface area contributed by atoms with Crippen LogP contribution in [0, 0.1) is 12.8 Å². The summed E-state index contributed by atoms with van der Waals surface area (Å²) in [6.07, 6.45) is 4.16. The van der Waals surface area contributed by atoms with Gasteiger partial charge in [0.25, 0.3) is 5.91 Å². The number of fused-ring (bicyclic) bond motifs is 1. The lowest BCUT2D eigenvalue weighted by Crippen LogP contribution is -2.31. The second kappa shape index (κ2) is 6.64. The molecular weight excluding hydrogens is 312 g/mol. The van der Waals surface area contributed by atoms with Crippen LogP contribution in [0.3, 0.4) is 0 Å². The van der Waals surface area contributed by atoms with E-state index in [0.29, 0.717) is 11.6 Å². The third kappa shape index (κ3) is 2.86. The van der Waals surface area contributed by atoms with E-state index in [1.165, 1.54) is 16.8 Å². The maximum atomic E-state index is 13.1. The van der Waals surface area contributed by atoms with E-state index in [2.05, 4.69) is 24.4 Å². The zero-order chi connectivity index (χ0) is 17.4. The molecule has 2 aliphatic rings. The molecule has 2 heterocycles. The number of carbonyl (C=O) groups is 1. The summed E-state index contributed by atoms with van der Waals surface area (Å²) in [6, 6.07) is 8.27. The van der Waals surface area contributed by atoms with E-state index in [1.54, 1.807) is 0 Å². The van der Waals surface area contributed by atoms with Crippen molar-refractivity contribution in [3.8, 4) is 5.69 Å². The average Bonchev–Trinajstić information content (AvgIpc) is 3.31. The third-order valence-corrected chi connectivity index (χ3v) is 5.54. The van der Waals surface area contributed by atoms with Crippen LogP contribution in [0.2, 0.25) is 0 Å². The molecule has 5 heteroatoms. The molecule has 1 fully saturated rings. The van der Waals surface area contributed by atoms with Gasteiger partial charge in [0.15, 0.2) is 5.69 Å². The summed E-state index contributed by atoms with van der Waals surface area (Å²) in [5, 5.41) is 8.01. The number of amides is 1. The van der Waals surface area contributed by atoms with Crippen molar-refractivity contribution in [1.29, 1.82) is 0 Å². The quantitative estimate of drug-likeness (QED) is 0.931. The van der Waals surface area contributed by atoms with Crippen molar-refractivity contribution in [2.24, 2.45) is 5.92 Å². The summed E-state index contributed by atoms with van der Waals surface area (Å²) >= 11 is 0. The molecular formula is C20H26N4O. The first-order valence-corrected chi connectivity index (χ1v) is 9.29. The SMILES string of the molecule is CNCC1CCN(C(=O)c2nn(-c3ccccc3C)c3c2CCC3)C1. The Morgan fingerprint density at radius 3 is 2.96 bits per heavy atom. The predicted molar refractivity (Wildman–Crippen MR) is 98.3 cm³/mol. The zero-order valence-corrected chi connectivity index (χ0v) is 15.1. The van der Waals surface area contributed by atoms with Gasteiger partial charge in [-0.3, -0.25) is 4.79 Å². The monoisotopic (exact) mass is 338 g/mol. The Bertz CT molecular complexity index is 795. The molecule has 25 heavy (non-hydrogen) atoms. The number of aryl methyl sites for hydroxylation is 1. The number of aromatic nitrogens is 2. The number of rotatable bonds is 4. The molecule has 0 radical (unpaired) electrons. The fraction of sp³-hybridized carbons (Fsp3) is 0.500. The first kappa shape index (κ1) is 16.3. The van der Waals surface area contributed by atoms with Crippen molar-refractivity contribution in [1.82, 2.24) is 20.0 Å². The van der Waals surface area contributed by atoms with Crippen LogP contribution < -0.4 is 5.32 Å². The van der Waals surface area contributed by atoms with Crippen LogP contribution in [-0.4, -0.2) is 47.3 Å². The molecule has 5 nitrogen and oxygen atoms in total. The molecule has 1 aromatic carbocycles. The summed E-state index contributed by atoms with van der Waals surface area (Å²) < 4.78 is 2.02. The first-order valence-electron chi connectivity index (χ1n) is 9.29. The highest BCUT2D eigenvalue weighted by Crippen LogP contribution is 2.30. The van der Waals surface area contributed by atoms with Crippen LogP contribution in [0.25, 0.3) is 5.69 Å². The molecule has 1 atom stereocenters. The minimum absolute atomic E-state index is 0.115. The van der Waals surface area contributed by atoms with Gasteiger partial charge in [0, 0.05) is 24.3 Å². The van der Waals surface area contributed by atoms with Crippen molar-refractivity contribution in [3.05, 3.63) is 46.8 Å². The van der Waals surface area contributed by atoms with Gasteiger partial charge in [-0.15, -0.1) is 0 Å². The third-order valence-electron chi connectivity index (χ3n) is 5.54. The Morgan fingerprint density at radius 2 is 2.16 bits per heavy atom.